The number of ether oxygens (including phenoxy) is 1. The molecule has 7 nitrogen and oxygen atoms in total. The van der Waals surface area contributed by atoms with Crippen molar-refractivity contribution < 1.29 is 19.1 Å². The average molecular weight is 433 g/mol. The second-order valence-electron chi connectivity index (χ2n) is 6.96. The molecule has 0 radical (unpaired) electrons. The quantitative estimate of drug-likeness (QED) is 0.245. The summed E-state index contributed by atoms with van der Waals surface area (Å²) >= 11 is 1.20. The van der Waals surface area contributed by atoms with Crippen molar-refractivity contribution in [1.29, 1.82) is 0 Å². The number of carbonyl (C=O) groups excluding carboxylic acids is 3. The molecule has 0 spiro atoms. The first kappa shape index (κ1) is 20.6. The average Bonchev–Trinajstić information content (AvgIpc) is 3.33. The highest BCUT2D eigenvalue weighted by Gasteiger charge is 2.53. The van der Waals surface area contributed by atoms with E-state index in [4.69, 9.17) is 4.74 Å². The van der Waals surface area contributed by atoms with Crippen molar-refractivity contribution in [2.75, 3.05) is 11.5 Å². The smallest absolute Gasteiger partial charge is 0.297 e. The highest BCUT2D eigenvalue weighted by atomic mass is 32.1. The lowest BCUT2D eigenvalue weighted by atomic mass is 9.86. The SMILES string of the molecule is C=CCOc1ccc(C2C(C(=O)c3ccccc3)C(=O)C(=O)N2c2nnc(C)s2)cc1. The highest BCUT2D eigenvalue weighted by molar-refractivity contribution is 7.15. The molecular formula is C23H19N3O4S. The van der Waals surface area contributed by atoms with Gasteiger partial charge in [0.2, 0.25) is 10.9 Å². The van der Waals surface area contributed by atoms with E-state index in [0.29, 0.717) is 28.5 Å². The molecule has 2 unspecified atom stereocenters. The molecule has 1 amide bonds. The summed E-state index contributed by atoms with van der Waals surface area (Å²) in [5.74, 6) is -2.48. The Morgan fingerprint density at radius 2 is 1.84 bits per heavy atom. The summed E-state index contributed by atoms with van der Waals surface area (Å²) in [5, 5.41) is 8.97. The number of benzene rings is 2. The van der Waals surface area contributed by atoms with E-state index in [0.717, 1.165) is 0 Å². The standard InChI is InChI=1S/C23H19N3O4S/c1-3-13-30-17-11-9-15(10-12-17)19-18(20(27)16-7-5-4-6-8-16)21(28)22(29)26(19)23-25-24-14(2)31-23/h3-12,18-19H,1,13H2,2H3. The van der Waals surface area contributed by atoms with E-state index in [1.807, 2.05) is 0 Å². The number of aromatic nitrogens is 2. The topological polar surface area (TPSA) is 89.5 Å². The molecule has 0 bridgehead atoms. The summed E-state index contributed by atoms with van der Waals surface area (Å²) in [5.41, 5.74) is 1.01. The van der Waals surface area contributed by atoms with Gasteiger partial charge in [-0.25, -0.2) is 0 Å². The van der Waals surface area contributed by atoms with Crippen LogP contribution in [0.1, 0.15) is 27.0 Å². The fourth-order valence-corrected chi connectivity index (χ4v) is 4.28. The molecular weight excluding hydrogens is 414 g/mol. The van der Waals surface area contributed by atoms with E-state index in [2.05, 4.69) is 16.8 Å². The zero-order valence-corrected chi connectivity index (χ0v) is 17.5. The molecule has 2 atom stereocenters. The van der Waals surface area contributed by atoms with E-state index < -0.39 is 29.4 Å². The molecule has 31 heavy (non-hydrogen) atoms. The van der Waals surface area contributed by atoms with Crippen LogP contribution >= 0.6 is 11.3 Å². The van der Waals surface area contributed by atoms with E-state index in [9.17, 15) is 14.4 Å². The third-order valence-corrected chi connectivity index (χ3v) is 5.80. The number of aryl methyl sites for hydroxylation is 1. The second-order valence-corrected chi connectivity index (χ2v) is 8.12. The van der Waals surface area contributed by atoms with Crippen LogP contribution in [0.3, 0.4) is 0 Å². The number of Topliss-reactive ketones (excluding diaryl/α,β-unsaturated/α-hetero) is 2. The lowest BCUT2D eigenvalue weighted by Gasteiger charge is -2.25. The molecule has 8 heteroatoms. The van der Waals surface area contributed by atoms with Crippen LogP contribution in [0.4, 0.5) is 5.13 Å². The third-order valence-electron chi connectivity index (χ3n) is 4.96. The minimum Gasteiger partial charge on any atom is -0.490 e. The van der Waals surface area contributed by atoms with Gasteiger partial charge in [0.05, 0.1) is 6.04 Å². The van der Waals surface area contributed by atoms with Crippen molar-refractivity contribution in [1.82, 2.24) is 10.2 Å². The Bertz CT molecular complexity index is 1140. The number of ketones is 2. The van der Waals surface area contributed by atoms with Crippen LogP contribution in [-0.4, -0.2) is 34.3 Å². The Morgan fingerprint density at radius 1 is 1.13 bits per heavy atom. The summed E-state index contributed by atoms with van der Waals surface area (Å²) < 4.78 is 5.52. The summed E-state index contributed by atoms with van der Waals surface area (Å²) in [4.78, 5) is 40.6. The van der Waals surface area contributed by atoms with Gasteiger partial charge >= 0.3 is 0 Å². The van der Waals surface area contributed by atoms with Crippen molar-refractivity contribution in [2.24, 2.45) is 5.92 Å². The molecule has 2 heterocycles. The van der Waals surface area contributed by atoms with Crippen LogP contribution in [-0.2, 0) is 9.59 Å². The molecule has 4 rings (SSSR count). The largest absolute Gasteiger partial charge is 0.490 e. The number of hydrogen-bond donors (Lipinski definition) is 0. The van der Waals surface area contributed by atoms with Gasteiger partial charge in [0.25, 0.3) is 5.91 Å². The maximum absolute atomic E-state index is 13.3. The number of rotatable bonds is 7. The molecule has 1 aromatic heterocycles. The van der Waals surface area contributed by atoms with Crippen molar-refractivity contribution in [2.45, 2.75) is 13.0 Å². The maximum Gasteiger partial charge on any atom is 0.297 e. The van der Waals surface area contributed by atoms with E-state index in [1.54, 1.807) is 67.6 Å². The summed E-state index contributed by atoms with van der Waals surface area (Å²) in [6, 6.07) is 14.7. The Labute approximate surface area is 183 Å². The lowest BCUT2D eigenvalue weighted by molar-refractivity contribution is -0.135. The summed E-state index contributed by atoms with van der Waals surface area (Å²) in [6.07, 6.45) is 1.64. The predicted molar refractivity (Wildman–Crippen MR) is 116 cm³/mol. The molecule has 156 valence electrons. The van der Waals surface area contributed by atoms with Gasteiger partial charge in [0.15, 0.2) is 5.78 Å². The number of nitrogens with zero attached hydrogens (tertiary/aromatic N) is 3. The van der Waals surface area contributed by atoms with Crippen LogP contribution in [0.2, 0.25) is 0 Å². The molecule has 1 aliphatic heterocycles. The number of anilines is 1. The Balaban J connectivity index is 1.79. The van der Waals surface area contributed by atoms with E-state index in [1.165, 1.54) is 16.2 Å². The van der Waals surface area contributed by atoms with Crippen LogP contribution in [0.25, 0.3) is 0 Å². The number of amides is 1. The van der Waals surface area contributed by atoms with Crippen molar-refractivity contribution in [3.63, 3.8) is 0 Å². The normalized spacial score (nSPS) is 18.3. The van der Waals surface area contributed by atoms with Gasteiger partial charge in [-0.15, -0.1) is 10.2 Å². The fraction of sp³-hybridized carbons (Fsp3) is 0.174. The second kappa shape index (κ2) is 8.61. The lowest BCUT2D eigenvalue weighted by Crippen LogP contribution is -2.30. The minimum absolute atomic E-state index is 0.288. The summed E-state index contributed by atoms with van der Waals surface area (Å²) in [7, 11) is 0. The maximum atomic E-state index is 13.3. The monoisotopic (exact) mass is 433 g/mol. The predicted octanol–water partition coefficient (Wildman–Crippen LogP) is 3.57. The molecule has 2 aromatic carbocycles. The highest BCUT2D eigenvalue weighted by Crippen LogP contribution is 2.42. The van der Waals surface area contributed by atoms with Gasteiger partial charge in [0, 0.05) is 5.56 Å². The van der Waals surface area contributed by atoms with Crippen LogP contribution in [0.15, 0.2) is 67.3 Å². The van der Waals surface area contributed by atoms with Gasteiger partial charge in [-0.3, -0.25) is 19.3 Å². The minimum atomic E-state index is -1.18. The van der Waals surface area contributed by atoms with Gasteiger partial charge in [-0.2, -0.15) is 0 Å². The van der Waals surface area contributed by atoms with E-state index in [-0.39, 0.29) is 5.13 Å². The van der Waals surface area contributed by atoms with Crippen LogP contribution in [0, 0.1) is 12.8 Å². The molecule has 1 aliphatic rings. The molecule has 0 aliphatic carbocycles. The summed E-state index contributed by atoms with van der Waals surface area (Å²) in [6.45, 7) is 5.73. The van der Waals surface area contributed by atoms with Gasteiger partial charge in [-0.1, -0.05) is 66.5 Å². The molecule has 0 saturated carbocycles. The fourth-order valence-electron chi connectivity index (χ4n) is 3.56. The van der Waals surface area contributed by atoms with Crippen LogP contribution < -0.4 is 9.64 Å². The molecule has 0 N–H and O–H groups in total. The first-order chi connectivity index (χ1) is 15.0. The van der Waals surface area contributed by atoms with Gasteiger partial charge in [0.1, 0.15) is 23.3 Å². The Morgan fingerprint density at radius 3 is 2.45 bits per heavy atom. The number of hydrogen-bond acceptors (Lipinski definition) is 7. The Kier molecular flexibility index (Phi) is 5.73. The first-order valence-corrected chi connectivity index (χ1v) is 10.4. The first-order valence-electron chi connectivity index (χ1n) is 9.61. The van der Waals surface area contributed by atoms with Crippen molar-refractivity contribution in [3.8, 4) is 5.75 Å². The molecule has 3 aromatic rings. The van der Waals surface area contributed by atoms with Crippen molar-refractivity contribution >= 4 is 33.9 Å². The van der Waals surface area contributed by atoms with Crippen molar-refractivity contribution in [3.05, 3.63) is 83.4 Å². The third kappa shape index (κ3) is 3.89. The van der Waals surface area contributed by atoms with Gasteiger partial charge < -0.3 is 4.74 Å². The zero-order chi connectivity index (χ0) is 22.0. The molecule has 1 saturated heterocycles. The Hall–Kier alpha value is -3.65. The zero-order valence-electron chi connectivity index (χ0n) is 16.7. The van der Waals surface area contributed by atoms with Crippen LogP contribution in [0.5, 0.6) is 5.75 Å². The van der Waals surface area contributed by atoms with E-state index >= 15 is 0 Å². The van der Waals surface area contributed by atoms with Gasteiger partial charge in [-0.05, 0) is 24.6 Å². The number of carbonyl (C=O) groups is 3. The molecule has 1 fully saturated rings.